The Bertz CT molecular complexity index is 1010. The normalized spacial score (nSPS) is 13.8. The van der Waals surface area contributed by atoms with Crippen LogP contribution in [-0.2, 0) is 0 Å². The standard InChI is InChI=1S/C23H23F2NO3/c1-4-5-19(13-26-15(2)10-20(27)11-16(26)3)18-8-9-21(29-23(24)25)22(12-18)28-14-17-6-7-17/h8-13,17,23H,6-7,14H2,1-3H3/b19-13+. The van der Waals surface area contributed by atoms with Gasteiger partial charge in [-0.05, 0) is 63.3 Å². The van der Waals surface area contributed by atoms with Crippen molar-refractivity contribution < 1.29 is 18.3 Å². The van der Waals surface area contributed by atoms with Gasteiger partial charge in [-0.1, -0.05) is 5.92 Å². The van der Waals surface area contributed by atoms with Crippen LogP contribution in [0.1, 0.15) is 36.7 Å². The van der Waals surface area contributed by atoms with E-state index < -0.39 is 6.61 Å². The summed E-state index contributed by atoms with van der Waals surface area (Å²) in [6.07, 6.45) is 4.00. The zero-order valence-corrected chi connectivity index (χ0v) is 16.7. The first-order chi connectivity index (χ1) is 13.9. The molecule has 0 saturated heterocycles. The molecule has 3 rings (SSSR count). The van der Waals surface area contributed by atoms with Gasteiger partial charge in [0.1, 0.15) is 0 Å². The van der Waals surface area contributed by atoms with Gasteiger partial charge in [0.2, 0.25) is 0 Å². The fraction of sp³-hybridized carbons (Fsp3) is 0.348. The number of ether oxygens (including phenoxy) is 2. The predicted octanol–water partition coefficient (Wildman–Crippen LogP) is 4.88. The van der Waals surface area contributed by atoms with E-state index in [-0.39, 0.29) is 16.9 Å². The van der Waals surface area contributed by atoms with Crippen LogP contribution in [0.3, 0.4) is 0 Å². The summed E-state index contributed by atoms with van der Waals surface area (Å²) in [5, 5.41) is 0. The summed E-state index contributed by atoms with van der Waals surface area (Å²) in [6, 6.07) is 7.91. The second kappa shape index (κ2) is 8.95. The van der Waals surface area contributed by atoms with Gasteiger partial charge in [0, 0.05) is 35.3 Å². The van der Waals surface area contributed by atoms with Crippen LogP contribution in [0.4, 0.5) is 8.78 Å². The molecule has 0 N–H and O–H groups in total. The highest BCUT2D eigenvalue weighted by Gasteiger charge is 2.23. The van der Waals surface area contributed by atoms with E-state index in [0.29, 0.717) is 23.7 Å². The van der Waals surface area contributed by atoms with Crippen LogP contribution in [0, 0.1) is 31.6 Å². The van der Waals surface area contributed by atoms with Gasteiger partial charge in [0.05, 0.1) is 6.61 Å². The Hall–Kier alpha value is -3.07. The monoisotopic (exact) mass is 399 g/mol. The van der Waals surface area contributed by atoms with Crippen LogP contribution in [0.2, 0.25) is 0 Å². The number of rotatable bonds is 7. The number of halogens is 2. The van der Waals surface area contributed by atoms with E-state index in [1.807, 2.05) is 24.6 Å². The molecule has 29 heavy (non-hydrogen) atoms. The van der Waals surface area contributed by atoms with Crippen LogP contribution < -0.4 is 14.9 Å². The SMILES string of the molecule is CC#C/C(=C\n1c(C)cc(=O)cc1C)c1ccc(OC(F)F)c(OCC2CC2)c1. The molecule has 0 atom stereocenters. The Labute approximate surface area is 168 Å². The Morgan fingerprint density at radius 3 is 2.48 bits per heavy atom. The number of pyridine rings is 1. The number of nitrogens with zero attached hydrogens (tertiary/aromatic N) is 1. The number of hydrogen-bond donors (Lipinski definition) is 0. The molecule has 0 spiro atoms. The molecule has 0 unspecified atom stereocenters. The van der Waals surface area contributed by atoms with Crippen molar-refractivity contribution in [2.24, 2.45) is 5.92 Å². The summed E-state index contributed by atoms with van der Waals surface area (Å²) in [5.74, 6) is 6.67. The first-order valence-electron chi connectivity index (χ1n) is 9.43. The topological polar surface area (TPSA) is 40.5 Å². The number of aromatic nitrogens is 1. The van der Waals surface area contributed by atoms with Crippen molar-refractivity contribution in [1.82, 2.24) is 4.57 Å². The fourth-order valence-corrected chi connectivity index (χ4v) is 2.99. The summed E-state index contributed by atoms with van der Waals surface area (Å²) >= 11 is 0. The van der Waals surface area contributed by atoms with E-state index in [4.69, 9.17) is 4.74 Å². The van der Waals surface area contributed by atoms with Crippen LogP contribution >= 0.6 is 0 Å². The van der Waals surface area contributed by atoms with E-state index >= 15 is 0 Å². The lowest BCUT2D eigenvalue weighted by Crippen LogP contribution is -2.09. The first-order valence-corrected chi connectivity index (χ1v) is 9.43. The molecule has 1 aromatic heterocycles. The van der Waals surface area contributed by atoms with Crippen molar-refractivity contribution in [1.29, 1.82) is 0 Å². The zero-order valence-electron chi connectivity index (χ0n) is 16.7. The molecule has 0 amide bonds. The first kappa shape index (κ1) is 20.7. The van der Waals surface area contributed by atoms with Crippen LogP contribution in [0.5, 0.6) is 11.5 Å². The third kappa shape index (κ3) is 5.47. The molecule has 2 aromatic rings. The second-order valence-corrected chi connectivity index (χ2v) is 7.06. The van der Waals surface area contributed by atoms with Crippen molar-refractivity contribution >= 4 is 11.8 Å². The summed E-state index contributed by atoms with van der Waals surface area (Å²) in [6.45, 7) is 2.94. The molecule has 0 bridgehead atoms. The van der Waals surface area contributed by atoms with Gasteiger partial charge < -0.3 is 14.0 Å². The molecule has 0 aliphatic heterocycles. The molecule has 1 heterocycles. The number of aryl methyl sites for hydroxylation is 2. The molecule has 1 saturated carbocycles. The molecule has 152 valence electrons. The molecular formula is C23H23F2NO3. The molecule has 1 fully saturated rings. The quantitative estimate of drug-likeness (QED) is 0.624. The maximum absolute atomic E-state index is 12.8. The zero-order chi connectivity index (χ0) is 21.0. The summed E-state index contributed by atoms with van der Waals surface area (Å²) in [4.78, 5) is 11.7. The fourth-order valence-electron chi connectivity index (χ4n) is 2.99. The largest absolute Gasteiger partial charge is 0.489 e. The molecule has 0 radical (unpaired) electrons. The number of alkyl halides is 2. The van der Waals surface area contributed by atoms with Gasteiger partial charge >= 0.3 is 6.61 Å². The number of allylic oxidation sites excluding steroid dienone is 1. The van der Waals surface area contributed by atoms with E-state index in [9.17, 15) is 13.6 Å². The van der Waals surface area contributed by atoms with Crippen molar-refractivity contribution in [3.63, 3.8) is 0 Å². The Balaban J connectivity index is 2.03. The third-order valence-electron chi connectivity index (χ3n) is 4.62. The van der Waals surface area contributed by atoms with Crippen molar-refractivity contribution in [3.8, 4) is 23.3 Å². The maximum Gasteiger partial charge on any atom is 0.387 e. The van der Waals surface area contributed by atoms with Gasteiger partial charge in [-0.2, -0.15) is 8.78 Å². The highest BCUT2D eigenvalue weighted by Crippen LogP contribution is 2.35. The average Bonchev–Trinajstić information content (AvgIpc) is 3.47. The number of hydrogen-bond acceptors (Lipinski definition) is 3. The Kier molecular flexibility index (Phi) is 6.38. The summed E-state index contributed by atoms with van der Waals surface area (Å²) < 4.78 is 37.8. The average molecular weight is 399 g/mol. The van der Waals surface area contributed by atoms with Crippen molar-refractivity contribution in [3.05, 3.63) is 57.5 Å². The van der Waals surface area contributed by atoms with E-state index in [2.05, 4.69) is 16.6 Å². The smallest absolute Gasteiger partial charge is 0.387 e. The third-order valence-corrected chi connectivity index (χ3v) is 4.62. The van der Waals surface area contributed by atoms with Crippen LogP contribution in [0.25, 0.3) is 11.8 Å². The van der Waals surface area contributed by atoms with E-state index in [1.54, 1.807) is 31.2 Å². The van der Waals surface area contributed by atoms with E-state index in [0.717, 1.165) is 24.2 Å². The van der Waals surface area contributed by atoms with Crippen LogP contribution in [0.15, 0.2) is 35.1 Å². The number of benzene rings is 1. The lowest BCUT2D eigenvalue weighted by molar-refractivity contribution is -0.0515. The lowest BCUT2D eigenvalue weighted by Gasteiger charge is -2.15. The Morgan fingerprint density at radius 2 is 1.90 bits per heavy atom. The van der Waals surface area contributed by atoms with Crippen LogP contribution in [-0.4, -0.2) is 17.8 Å². The highest BCUT2D eigenvalue weighted by molar-refractivity contribution is 5.87. The predicted molar refractivity (Wildman–Crippen MR) is 109 cm³/mol. The minimum absolute atomic E-state index is 0.00364. The molecule has 1 aromatic carbocycles. The summed E-state index contributed by atoms with van der Waals surface area (Å²) in [7, 11) is 0. The molecular weight excluding hydrogens is 376 g/mol. The lowest BCUT2D eigenvalue weighted by atomic mass is 10.1. The van der Waals surface area contributed by atoms with E-state index in [1.165, 1.54) is 6.07 Å². The molecule has 1 aliphatic rings. The second-order valence-electron chi connectivity index (χ2n) is 7.06. The van der Waals surface area contributed by atoms with Gasteiger partial charge in [-0.25, -0.2) is 0 Å². The van der Waals surface area contributed by atoms with Gasteiger partial charge in [0.25, 0.3) is 0 Å². The van der Waals surface area contributed by atoms with Gasteiger partial charge in [-0.3, -0.25) is 4.79 Å². The Morgan fingerprint density at radius 1 is 1.21 bits per heavy atom. The maximum atomic E-state index is 12.8. The van der Waals surface area contributed by atoms with Crippen molar-refractivity contribution in [2.75, 3.05) is 6.61 Å². The molecule has 1 aliphatic carbocycles. The highest BCUT2D eigenvalue weighted by atomic mass is 19.3. The van der Waals surface area contributed by atoms with Gasteiger partial charge in [-0.15, -0.1) is 5.92 Å². The minimum atomic E-state index is -2.93. The van der Waals surface area contributed by atoms with Gasteiger partial charge in [0.15, 0.2) is 16.9 Å². The summed E-state index contributed by atoms with van der Waals surface area (Å²) in [5.41, 5.74) is 2.87. The molecule has 4 nitrogen and oxygen atoms in total. The molecule has 6 heteroatoms. The minimum Gasteiger partial charge on any atom is -0.489 e. The van der Waals surface area contributed by atoms with Crippen molar-refractivity contribution in [2.45, 2.75) is 40.2 Å².